The van der Waals surface area contributed by atoms with Crippen LogP contribution in [-0.2, 0) is 10.2 Å². The molecule has 2 heterocycles. The van der Waals surface area contributed by atoms with Crippen molar-refractivity contribution in [1.82, 2.24) is 20.0 Å². The molecule has 43 heavy (non-hydrogen) atoms. The number of ether oxygens (including phenoxy) is 1. The molecule has 2 amide bonds. The molecular formula is C35H39N5O3. The highest BCUT2D eigenvalue weighted by atomic mass is 16.5. The lowest BCUT2D eigenvalue weighted by atomic mass is 9.85. The summed E-state index contributed by atoms with van der Waals surface area (Å²) >= 11 is 0. The smallest absolute Gasteiger partial charge is 0.254 e. The van der Waals surface area contributed by atoms with Crippen LogP contribution >= 0.6 is 0 Å². The normalized spacial score (nSPS) is 14.1. The molecule has 0 spiro atoms. The summed E-state index contributed by atoms with van der Waals surface area (Å²) in [6.45, 7) is 8.71. The molecule has 1 aliphatic heterocycles. The van der Waals surface area contributed by atoms with E-state index in [1.54, 1.807) is 7.11 Å². The molecular weight excluding hydrogens is 538 g/mol. The van der Waals surface area contributed by atoms with Gasteiger partial charge in [-0.15, -0.1) is 0 Å². The van der Waals surface area contributed by atoms with Crippen LogP contribution in [0.1, 0.15) is 58.5 Å². The maximum Gasteiger partial charge on any atom is 0.254 e. The number of fused-ring (bicyclic) bond motifs is 1. The Labute approximate surface area is 253 Å². The van der Waals surface area contributed by atoms with Crippen molar-refractivity contribution >= 4 is 22.7 Å². The summed E-state index contributed by atoms with van der Waals surface area (Å²) in [5.74, 6) is 0.339. The number of aromatic amines is 1. The number of likely N-dealkylation sites (tertiary alicyclic amines) is 1. The molecule has 5 rings (SSSR count). The fourth-order valence-electron chi connectivity index (χ4n) is 5.80. The number of nitrogens with zero attached hydrogens (tertiary/aromatic N) is 4. The number of nitrogens with one attached hydrogen (secondary N) is 1. The van der Waals surface area contributed by atoms with Crippen molar-refractivity contribution in [3.63, 3.8) is 0 Å². The molecule has 8 heteroatoms. The van der Waals surface area contributed by atoms with Gasteiger partial charge in [0.2, 0.25) is 0 Å². The summed E-state index contributed by atoms with van der Waals surface area (Å²) in [5.41, 5.74) is 5.64. The lowest BCUT2D eigenvalue weighted by Gasteiger charge is -2.35. The Morgan fingerprint density at radius 1 is 1.05 bits per heavy atom. The SMILES string of the molecule is COCCN(CC1CCN(C(=O)c2ccc(-c3ccc(C(C)(C)C#N)cc3)cc2)CC1)C(=O)c1ccc2n[nH]cc2c1C. The largest absolute Gasteiger partial charge is 0.383 e. The molecule has 8 nitrogen and oxygen atoms in total. The van der Waals surface area contributed by atoms with Crippen molar-refractivity contribution in [2.24, 2.45) is 5.92 Å². The molecule has 1 saturated heterocycles. The van der Waals surface area contributed by atoms with Crippen molar-refractivity contribution in [3.05, 3.63) is 89.1 Å². The summed E-state index contributed by atoms with van der Waals surface area (Å²) in [6.07, 6.45) is 3.51. The Bertz CT molecular complexity index is 1630. The van der Waals surface area contributed by atoms with Crippen LogP contribution in [0.4, 0.5) is 0 Å². The number of hydrogen-bond acceptors (Lipinski definition) is 5. The first-order valence-corrected chi connectivity index (χ1v) is 14.8. The van der Waals surface area contributed by atoms with Crippen molar-refractivity contribution in [2.45, 2.75) is 39.0 Å². The monoisotopic (exact) mass is 577 g/mol. The Kier molecular flexibility index (Phi) is 8.93. The molecule has 222 valence electrons. The van der Waals surface area contributed by atoms with E-state index in [9.17, 15) is 14.9 Å². The van der Waals surface area contributed by atoms with E-state index in [1.807, 2.05) is 97.4 Å². The maximum atomic E-state index is 13.6. The van der Waals surface area contributed by atoms with Crippen molar-refractivity contribution in [3.8, 4) is 17.2 Å². The van der Waals surface area contributed by atoms with E-state index in [2.05, 4.69) is 16.3 Å². The average Bonchev–Trinajstić information content (AvgIpc) is 3.53. The van der Waals surface area contributed by atoms with Gasteiger partial charge in [-0.3, -0.25) is 14.7 Å². The molecule has 3 aromatic carbocycles. The fraction of sp³-hybridized carbons (Fsp3) is 0.371. The van der Waals surface area contributed by atoms with Crippen LogP contribution in [-0.4, -0.2) is 71.7 Å². The highest BCUT2D eigenvalue weighted by Crippen LogP contribution is 2.28. The second-order valence-electron chi connectivity index (χ2n) is 11.9. The van der Waals surface area contributed by atoms with Gasteiger partial charge in [0.1, 0.15) is 0 Å². The van der Waals surface area contributed by atoms with Crippen molar-refractivity contribution < 1.29 is 14.3 Å². The van der Waals surface area contributed by atoms with Crippen molar-refractivity contribution in [2.75, 3.05) is 39.9 Å². The molecule has 0 aliphatic carbocycles. The van der Waals surface area contributed by atoms with E-state index in [4.69, 9.17) is 4.74 Å². The van der Waals surface area contributed by atoms with Crippen molar-refractivity contribution in [1.29, 1.82) is 5.26 Å². The predicted octanol–water partition coefficient (Wildman–Crippen LogP) is 5.98. The zero-order chi connectivity index (χ0) is 30.6. The number of methoxy groups -OCH3 is 1. The quantitative estimate of drug-likeness (QED) is 0.264. The first-order chi connectivity index (χ1) is 20.7. The lowest BCUT2D eigenvalue weighted by Crippen LogP contribution is -2.44. The number of piperidine rings is 1. The molecule has 1 aliphatic rings. The van der Waals surface area contributed by atoms with Gasteiger partial charge >= 0.3 is 0 Å². The third kappa shape index (κ3) is 6.47. The minimum absolute atomic E-state index is 0.000314. The van der Waals surface area contributed by atoms with Gasteiger partial charge in [-0.1, -0.05) is 36.4 Å². The summed E-state index contributed by atoms with van der Waals surface area (Å²) < 4.78 is 5.32. The van der Waals surface area contributed by atoms with E-state index >= 15 is 0 Å². The number of aryl methyl sites for hydroxylation is 1. The number of amides is 2. The van der Waals surface area contributed by atoms with Gasteiger partial charge in [0, 0.05) is 56.0 Å². The van der Waals surface area contributed by atoms with Crippen LogP contribution in [0.3, 0.4) is 0 Å². The van der Waals surface area contributed by atoms with Crippen LogP contribution in [0.5, 0.6) is 0 Å². The van der Waals surface area contributed by atoms with E-state index < -0.39 is 5.41 Å². The van der Waals surface area contributed by atoms with Gasteiger partial charge < -0.3 is 14.5 Å². The molecule has 1 N–H and O–H groups in total. The third-order valence-electron chi connectivity index (χ3n) is 8.70. The number of aromatic nitrogens is 2. The van der Waals surface area contributed by atoms with Gasteiger partial charge in [-0.2, -0.15) is 10.4 Å². The number of nitriles is 1. The number of carbonyl (C=O) groups is 2. The molecule has 4 aromatic rings. The van der Waals surface area contributed by atoms with Gasteiger partial charge in [-0.25, -0.2) is 0 Å². The van der Waals surface area contributed by atoms with Crippen LogP contribution in [0.2, 0.25) is 0 Å². The minimum Gasteiger partial charge on any atom is -0.383 e. The minimum atomic E-state index is -0.533. The second kappa shape index (κ2) is 12.8. The fourth-order valence-corrected chi connectivity index (χ4v) is 5.80. The summed E-state index contributed by atoms with van der Waals surface area (Å²) in [5, 5.41) is 17.5. The average molecular weight is 578 g/mol. The van der Waals surface area contributed by atoms with Gasteiger partial charge in [-0.05, 0) is 86.1 Å². The van der Waals surface area contributed by atoms with Crippen LogP contribution in [0, 0.1) is 24.2 Å². The molecule has 0 saturated carbocycles. The Morgan fingerprint density at radius 2 is 1.70 bits per heavy atom. The maximum absolute atomic E-state index is 13.6. The number of rotatable bonds is 9. The highest BCUT2D eigenvalue weighted by molar-refractivity contribution is 6.00. The van der Waals surface area contributed by atoms with E-state index in [0.717, 1.165) is 46.0 Å². The Morgan fingerprint density at radius 3 is 2.33 bits per heavy atom. The Hall–Kier alpha value is -4.48. The standard InChI is InChI=1S/C35H39N5O3/c1-24-30(13-14-32-31(24)21-37-38-32)34(42)40(19-20-43-4)22-25-15-17-39(18-16-25)33(41)28-7-5-26(6-8-28)27-9-11-29(12-10-27)35(2,3)23-36/h5-14,21,25H,15-20,22H2,1-4H3,(H,37,38). The van der Waals surface area contributed by atoms with Crippen LogP contribution in [0.15, 0.2) is 66.9 Å². The second-order valence-corrected chi connectivity index (χ2v) is 11.9. The number of H-pyrrole nitrogens is 1. The summed E-state index contributed by atoms with van der Waals surface area (Å²) in [6, 6.07) is 21.8. The topological polar surface area (TPSA) is 102 Å². The number of carbonyl (C=O) groups excluding carboxylic acids is 2. The molecule has 0 unspecified atom stereocenters. The third-order valence-corrected chi connectivity index (χ3v) is 8.70. The predicted molar refractivity (Wildman–Crippen MR) is 168 cm³/mol. The number of benzene rings is 3. The van der Waals surface area contributed by atoms with Gasteiger partial charge in [0.25, 0.3) is 11.8 Å². The summed E-state index contributed by atoms with van der Waals surface area (Å²) in [7, 11) is 1.65. The van der Waals surface area contributed by atoms with E-state index in [-0.39, 0.29) is 11.8 Å². The van der Waals surface area contributed by atoms with Crippen LogP contribution < -0.4 is 0 Å². The van der Waals surface area contributed by atoms with Crippen LogP contribution in [0.25, 0.3) is 22.0 Å². The first-order valence-electron chi connectivity index (χ1n) is 14.8. The number of hydrogen-bond donors (Lipinski definition) is 1. The highest BCUT2D eigenvalue weighted by Gasteiger charge is 2.28. The molecule has 1 fully saturated rings. The van der Waals surface area contributed by atoms with E-state index in [0.29, 0.717) is 49.8 Å². The van der Waals surface area contributed by atoms with Gasteiger partial charge in [0.05, 0.1) is 23.6 Å². The molecule has 0 radical (unpaired) electrons. The zero-order valence-corrected chi connectivity index (χ0v) is 25.4. The Balaban J connectivity index is 1.19. The lowest BCUT2D eigenvalue weighted by molar-refractivity contribution is 0.0567. The van der Waals surface area contributed by atoms with Gasteiger partial charge in [0.15, 0.2) is 0 Å². The summed E-state index contributed by atoms with van der Waals surface area (Å²) in [4.78, 5) is 30.8. The zero-order valence-electron chi connectivity index (χ0n) is 25.4. The molecule has 1 aromatic heterocycles. The first kappa shape index (κ1) is 30.0. The molecule has 0 atom stereocenters. The van der Waals surface area contributed by atoms with E-state index in [1.165, 1.54) is 0 Å². The molecule has 0 bridgehead atoms.